The van der Waals surface area contributed by atoms with Crippen molar-refractivity contribution in [2.75, 3.05) is 80.6 Å². The van der Waals surface area contributed by atoms with Crippen molar-refractivity contribution in [3.05, 3.63) is 83.4 Å². The van der Waals surface area contributed by atoms with Crippen LogP contribution in [0.25, 0.3) is 0 Å². The number of rotatable bonds is 39. The third-order valence-corrected chi connectivity index (χ3v) is 18.7. The number of methoxy groups -OCH3 is 2. The van der Waals surface area contributed by atoms with Crippen molar-refractivity contribution < 1.29 is 71.6 Å². The number of amides is 1. The number of carboxylic acid groups (broad SMARTS) is 1. The molecule has 0 radical (unpaired) electrons. The summed E-state index contributed by atoms with van der Waals surface area (Å²) in [6.07, 6.45) is 18.5. The molecule has 1 amide bonds. The molecule has 1 heterocycles. The van der Waals surface area contributed by atoms with E-state index in [0.29, 0.717) is 66.3 Å². The zero-order valence-electron chi connectivity index (χ0n) is 46.8. The molecular formula is C58H90N2O14PS2+. The van der Waals surface area contributed by atoms with Crippen molar-refractivity contribution in [1.82, 2.24) is 5.32 Å². The number of hydrogen-bond acceptors (Lipinski definition) is 14. The zero-order valence-corrected chi connectivity index (χ0v) is 49.4. The SMILES string of the molecule is COc1ccc([C@@]23Oc4cc(OCCCCNC(=O)OCC(C)(C)SSCCCCCCCCCCCCCCCCCCOP(=O)(O)OCC[N+](C)(C)C)cc(OC)c4[C@]2(O)[C@H](O)[C@H](C(=O)O)[C@H]3c2ccccc2)cc1. The highest BCUT2D eigenvalue weighted by molar-refractivity contribution is 8.77. The number of carbonyl (C=O) groups is 2. The zero-order chi connectivity index (χ0) is 56.0. The van der Waals surface area contributed by atoms with Crippen LogP contribution < -0.4 is 24.3 Å². The molecule has 432 valence electrons. The number of aliphatic carboxylic acids is 1. The lowest BCUT2D eigenvalue weighted by Gasteiger charge is -2.40. The smallest absolute Gasteiger partial charge is 0.472 e. The second-order valence-electron chi connectivity index (χ2n) is 22.1. The van der Waals surface area contributed by atoms with Crippen LogP contribution in [0.1, 0.15) is 152 Å². The molecule has 3 aromatic rings. The van der Waals surface area contributed by atoms with Gasteiger partial charge in [0, 0.05) is 30.3 Å². The summed E-state index contributed by atoms with van der Waals surface area (Å²) >= 11 is 0. The number of aliphatic hydroxyl groups excluding tert-OH is 1. The summed E-state index contributed by atoms with van der Waals surface area (Å²) < 4.78 is 52.3. The van der Waals surface area contributed by atoms with Crippen molar-refractivity contribution >= 4 is 41.5 Å². The number of benzene rings is 3. The predicted octanol–water partition coefficient (Wildman–Crippen LogP) is 12.2. The summed E-state index contributed by atoms with van der Waals surface area (Å²) in [5.74, 6) is -1.38. The number of nitrogens with one attached hydrogen (secondary N) is 1. The molecule has 19 heteroatoms. The lowest BCUT2D eigenvalue weighted by molar-refractivity contribution is -0.870. The molecule has 5 rings (SSSR count). The molecule has 16 nitrogen and oxygen atoms in total. The van der Waals surface area contributed by atoms with Crippen molar-refractivity contribution in [2.45, 2.75) is 157 Å². The number of aliphatic hydroxyl groups is 2. The number of alkyl carbamates (subject to hydrolysis) is 1. The summed E-state index contributed by atoms with van der Waals surface area (Å²) in [7, 11) is 8.64. The molecular weight excluding hydrogens is 1040 g/mol. The molecule has 0 saturated heterocycles. The monoisotopic (exact) mass is 1130 g/mol. The van der Waals surface area contributed by atoms with Gasteiger partial charge >= 0.3 is 19.9 Å². The number of ether oxygens (including phenoxy) is 5. The van der Waals surface area contributed by atoms with Gasteiger partial charge in [-0.05, 0) is 62.8 Å². The van der Waals surface area contributed by atoms with E-state index in [0.717, 1.165) is 25.0 Å². The van der Waals surface area contributed by atoms with Gasteiger partial charge in [-0.15, -0.1) is 0 Å². The van der Waals surface area contributed by atoms with E-state index in [2.05, 4.69) is 19.2 Å². The fourth-order valence-electron chi connectivity index (χ4n) is 10.3. The Morgan fingerprint density at radius 3 is 1.90 bits per heavy atom. The van der Waals surface area contributed by atoms with E-state index < -0.39 is 49.0 Å². The van der Waals surface area contributed by atoms with E-state index in [9.17, 15) is 34.4 Å². The van der Waals surface area contributed by atoms with Gasteiger partial charge in [0.05, 0.1) is 64.8 Å². The van der Waals surface area contributed by atoms with Gasteiger partial charge in [0.1, 0.15) is 48.9 Å². The van der Waals surface area contributed by atoms with Crippen molar-refractivity contribution in [1.29, 1.82) is 0 Å². The lowest BCUT2D eigenvalue weighted by atomic mass is 9.70. The Morgan fingerprint density at radius 2 is 1.32 bits per heavy atom. The van der Waals surface area contributed by atoms with Crippen LogP contribution in [-0.2, 0) is 34.3 Å². The number of phosphoric acid groups is 1. The quantitative estimate of drug-likeness (QED) is 0.0156. The maximum Gasteiger partial charge on any atom is 0.472 e. The number of likely N-dealkylation sites (N-methyl/N-ethyl adjacent to an activating group) is 1. The van der Waals surface area contributed by atoms with Crippen LogP contribution in [0.3, 0.4) is 0 Å². The van der Waals surface area contributed by atoms with E-state index in [4.69, 9.17) is 32.7 Å². The number of carbonyl (C=O) groups excluding carboxylic acids is 1. The van der Waals surface area contributed by atoms with Crippen LogP contribution in [0.2, 0.25) is 0 Å². The number of carboxylic acids is 1. The van der Waals surface area contributed by atoms with Gasteiger partial charge in [-0.25, -0.2) is 9.36 Å². The Morgan fingerprint density at radius 1 is 0.753 bits per heavy atom. The maximum atomic E-state index is 13.0. The first-order valence-electron chi connectivity index (χ1n) is 27.8. The van der Waals surface area contributed by atoms with E-state index in [1.165, 1.54) is 97.7 Å². The van der Waals surface area contributed by atoms with Crippen LogP contribution in [0, 0.1) is 5.92 Å². The van der Waals surface area contributed by atoms with Gasteiger partial charge in [0.25, 0.3) is 0 Å². The van der Waals surface area contributed by atoms with Crippen LogP contribution in [0.4, 0.5) is 4.79 Å². The molecule has 1 aliphatic heterocycles. The fourth-order valence-corrected chi connectivity index (χ4v) is 13.5. The molecule has 3 aromatic carbocycles. The predicted molar refractivity (Wildman–Crippen MR) is 305 cm³/mol. The molecule has 0 spiro atoms. The van der Waals surface area contributed by atoms with Crippen LogP contribution in [0.15, 0.2) is 66.7 Å². The standard InChI is InChI=1S/C58H89N2O14PS2/c1-56(2,77-76-40-28-21-19-17-15-13-11-9-8-10-12-14-16-18-20-26-38-72-75(66,67)73-39-36-60(3,4)5)43-71-55(64)59-35-25-27-37-70-47-41-48(69-7)52-49(42-47)74-58(45-31-33-46(68-6)34-32-45)51(44-29-23-22-24-30-44)50(54(62)63)53(61)57(52,58)65/h22-24,29-34,41-42,50-51,53,61,65H,8-21,25-28,35-40,43H2,1-7H3,(H2-,59,62,63,64,66,67)/p+1/t50-,51-,53-,57+,58+/m1/s1. The van der Waals surface area contributed by atoms with Crippen LogP contribution >= 0.6 is 29.4 Å². The Hall–Kier alpha value is -3.71. The second-order valence-corrected chi connectivity index (χ2v) is 26.6. The first kappa shape index (κ1) is 64.1. The molecule has 0 bridgehead atoms. The maximum absolute atomic E-state index is 13.0. The minimum Gasteiger partial charge on any atom is -0.497 e. The van der Waals surface area contributed by atoms with Gasteiger partial charge in [-0.1, -0.05) is 154 Å². The Labute approximate surface area is 466 Å². The number of nitrogens with zero attached hydrogens (tertiary/aromatic N) is 1. The molecule has 1 unspecified atom stereocenters. The normalized spacial score (nSPS) is 20.7. The third kappa shape index (κ3) is 18.9. The largest absolute Gasteiger partial charge is 0.497 e. The average Bonchev–Trinajstić information content (AvgIpc) is 3.92. The van der Waals surface area contributed by atoms with E-state index in [1.54, 1.807) is 71.5 Å². The fraction of sp³-hybridized carbons (Fsp3) is 0.655. The molecule has 6 atom stereocenters. The molecule has 1 saturated carbocycles. The molecule has 77 heavy (non-hydrogen) atoms. The van der Waals surface area contributed by atoms with Crippen LogP contribution in [-0.4, -0.2) is 128 Å². The van der Waals surface area contributed by atoms with Crippen molar-refractivity contribution in [3.8, 4) is 23.0 Å². The van der Waals surface area contributed by atoms with Crippen molar-refractivity contribution in [3.63, 3.8) is 0 Å². The molecule has 5 N–H and O–H groups in total. The summed E-state index contributed by atoms with van der Waals surface area (Å²) in [5.41, 5.74) is -2.90. The van der Waals surface area contributed by atoms with Crippen molar-refractivity contribution in [2.24, 2.45) is 5.92 Å². The number of unbranched alkanes of at least 4 members (excludes halogenated alkanes) is 16. The number of phosphoric ester groups is 1. The van der Waals surface area contributed by atoms with Gasteiger partial charge in [0.2, 0.25) is 0 Å². The van der Waals surface area contributed by atoms with Gasteiger partial charge in [0.15, 0.2) is 11.2 Å². The highest BCUT2D eigenvalue weighted by Crippen LogP contribution is 2.70. The highest BCUT2D eigenvalue weighted by Gasteiger charge is 2.78. The summed E-state index contributed by atoms with van der Waals surface area (Å²) in [6.45, 7) is 6.27. The Kier molecular flexibility index (Phi) is 26.1. The first-order chi connectivity index (χ1) is 36.8. The molecule has 2 aliphatic rings. The minimum atomic E-state index is -3.95. The number of hydrogen-bond donors (Lipinski definition) is 5. The number of quaternary nitrogens is 1. The third-order valence-electron chi connectivity index (χ3n) is 14.3. The Balaban J connectivity index is 0.893. The topological polar surface area (TPSA) is 209 Å². The number of fused-ring (bicyclic) bond motifs is 3. The highest BCUT2D eigenvalue weighted by atomic mass is 33.1. The van der Waals surface area contributed by atoms with E-state index in [1.807, 2.05) is 38.0 Å². The van der Waals surface area contributed by atoms with Gasteiger partial charge in [-0.2, -0.15) is 0 Å². The van der Waals surface area contributed by atoms with Crippen LogP contribution in [0.5, 0.6) is 23.0 Å². The van der Waals surface area contributed by atoms with Gasteiger partial charge < -0.3 is 53.7 Å². The van der Waals surface area contributed by atoms with Gasteiger partial charge in [-0.3, -0.25) is 13.8 Å². The lowest BCUT2D eigenvalue weighted by Crippen LogP contribution is -2.52. The summed E-state index contributed by atoms with van der Waals surface area (Å²) in [6, 6.07) is 19.0. The average molecular weight is 1130 g/mol. The minimum absolute atomic E-state index is 0.133. The second kappa shape index (κ2) is 31.3. The van der Waals surface area contributed by atoms with E-state index >= 15 is 0 Å². The molecule has 0 aromatic heterocycles. The molecule has 1 fully saturated rings. The summed E-state index contributed by atoms with van der Waals surface area (Å²) in [4.78, 5) is 35.4. The summed E-state index contributed by atoms with van der Waals surface area (Å²) in [5, 5.41) is 38.4. The van der Waals surface area contributed by atoms with E-state index in [-0.39, 0.29) is 35.0 Å². The molecule has 1 aliphatic carbocycles. The Bertz CT molecular complexity index is 2290. The first-order valence-corrected chi connectivity index (χ1v) is 31.6.